The lowest BCUT2D eigenvalue weighted by atomic mass is 9.92. The molecule has 130 valence electrons. The molecule has 1 N–H and O–H groups in total. The van der Waals surface area contributed by atoms with E-state index >= 15 is 0 Å². The zero-order valence-corrected chi connectivity index (χ0v) is 14.3. The Morgan fingerprint density at radius 1 is 1.08 bits per heavy atom. The number of benzene rings is 2. The van der Waals surface area contributed by atoms with Gasteiger partial charge in [-0.1, -0.05) is 30.3 Å². The molecule has 0 bridgehead atoms. The first-order valence-electron chi connectivity index (χ1n) is 8.78. The Morgan fingerprint density at radius 2 is 1.76 bits per heavy atom. The van der Waals surface area contributed by atoms with Crippen molar-refractivity contribution in [3.63, 3.8) is 0 Å². The van der Waals surface area contributed by atoms with Crippen molar-refractivity contribution in [2.24, 2.45) is 0 Å². The zero-order valence-electron chi connectivity index (χ0n) is 14.3. The summed E-state index contributed by atoms with van der Waals surface area (Å²) in [7, 11) is 1.64. The molecule has 2 fully saturated rings. The lowest BCUT2D eigenvalue weighted by molar-refractivity contribution is -0.123. The number of carbonyl (C=O) groups is 1. The number of hydrogen-bond donors (Lipinski definition) is 1. The Hall–Kier alpha value is -2.36. The molecule has 0 aliphatic heterocycles. The molecule has 0 saturated heterocycles. The average molecular weight is 339 g/mol. The number of methoxy groups -OCH3 is 1. The summed E-state index contributed by atoms with van der Waals surface area (Å²) in [6, 6.07) is 14.4. The second kappa shape index (κ2) is 5.87. The highest BCUT2D eigenvalue weighted by molar-refractivity contribution is 5.92. The second-order valence-electron chi connectivity index (χ2n) is 7.25. The molecule has 0 heterocycles. The fourth-order valence-corrected chi connectivity index (χ4v) is 3.72. The fourth-order valence-electron chi connectivity index (χ4n) is 3.72. The minimum absolute atomic E-state index is 0.0276. The van der Waals surface area contributed by atoms with Crippen LogP contribution < -0.4 is 10.1 Å². The highest BCUT2D eigenvalue weighted by atomic mass is 19.1. The minimum Gasteiger partial charge on any atom is -0.496 e. The summed E-state index contributed by atoms with van der Waals surface area (Å²) in [6.07, 6.45) is 3.76. The van der Waals surface area contributed by atoms with Crippen LogP contribution in [0.1, 0.15) is 36.8 Å². The first kappa shape index (κ1) is 16.1. The number of amides is 1. The molecule has 2 aliphatic rings. The molecule has 3 nitrogen and oxygen atoms in total. The van der Waals surface area contributed by atoms with Gasteiger partial charge in [0.15, 0.2) is 0 Å². The monoisotopic (exact) mass is 339 g/mol. The lowest BCUT2D eigenvalue weighted by Crippen LogP contribution is -2.39. The van der Waals surface area contributed by atoms with Crippen molar-refractivity contribution < 1.29 is 13.9 Å². The predicted molar refractivity (Wildman–Crippen MR) is 94.2 cm³/mol. The van der Waals surface area contributed by atoms with Crippen molar-refractivity contribution >= 4 is 5.91 Å². The third-order valence-corrected chi connectivity index (χ3v) is 5.70. The van der Waals surface area contributed by atoms with Crippen molar-refractivity contribution in [1.29, 1.82) is 0 Å². The molecule has 0 unspecified atom stereocenters. The van der Waals surface area contributed by atoms with Gasteiger partial charge in [0.2, 0.25) is 5.91 Å². The van der Waals surface area contributed by atoms with Crippen LogP contribution >= 0.6 is 0 Å². The topological polar surface area (TPSA) is 38.3 Å². The Labute approximate surface area is 147 Å². The van der Waals surface area contributed by atoms with E-state index in [0.717, 1.165) is 42.6 Å². The molecule has 2 aliphatic carbocycles. The van der Waals surface area contributed by atoms with Crippen LogP contribution in [0.5, 0.6) is 5.75 Å². The Kier molecular flexibility index (Phi) is 3.78. The van der Waals surface area contributed by atoms with E-state index in [-0.39, 0.29) is 17.1 Å². The fraction of sp³-hybridized carbons (Fsp3) is 0.381. The summed E-state index contributed by atoms with van der Waals surface area (Å²) in [5.41, 5.74) is 1.60. The number of halogens is 1. The van der Waals surface area contributed by atoms with E-state index in [1.54, 1.807) is 7.11 Å². The van der Waals surface area contributed by atoms with Gasteiger partial charge >= 0.3 is 0 Å². The van der Waals surface area contributed by atoms with Crippen LogP contribution in [0, 0.1) is 5.82 Å². The molecular formula is C21H22FNO2. The van der Waals surface area contributed by atoms with Gasteiger partial charge in [0, 0.05) is 17.5 Å². The normalized spacial score (nSPS) is 19.1. The predicted octanol–water partition coefficient (Wildman–Crippen LogP) is 3.71. The van der Waals surface area contributed by atoms with Crippen molar-refractivity contribution in [3.8, 4) is 5.75 Å². The maximum Gasteiger partial charge on any atom is 0.230 e. The van der Waals surface area contributed by atoms with Gasteiger partial charge in [0.25, 0.3) is 0 Å². The summed E-state index contributed by atoms with van der Waals surface area (Å²) in [5.74, 6) is 0.622. The van der Waals surface area contributed by atoms with Gasteiger partial charge in [-0.25, -0.2) is 4.39 Å². The van der Waals surface area contributed by atoms with E-state index in [4.69, 9.17) is 4.74 Å². The van der Waals surface area contributed by atoms with Crippen LogP contribution in [-0.2, 0) is 15.6 Å². The van der Waals surface area contributed by atoms with Gasteiger partial charge in [-0.2, -0.15) is 0 Å². The first-order chi connectivity index (χ1) is 12.1. The maximum absolute atomic E-state index is 13.2. The number of nitrogens with one attached hydrogen (secondary N) is 1. The zero-order chi connectivity index (χ0) is 17.5. The summed E-state index contributed by atoms with van der Waals surface area (Å²) >= 11 is 0. The number of para-hydroxylation sites is 1. The van der Waals surface area contributed by atoms with Crippen molar-refractivity contribution in [2.75, 3.05) is 13.7 Å². The highest BCUT2D eigenvalue weighted by Gasteiger charge is 2.54. The van der Waals surface area contributed by atoms with Gasteiger partial charge in [0.1, 0.15) is 11.6 Å². The van der Waals surface area contributed by atoms with Gasteiger partial charge < -0.3 is 10.1 Å². The Morgan fingerprint density at radius 3 is 2.36 bits per heavy atom. The highest BCUT2D eigenvalue weighted by Crippen LogP contribution is 2.52. The van der Waals surface area contributed by atoms with E-state index in [2.05, 4.69) is 5.32 Å². The SMILES string of the molecule is COc1ccccc1C1(C(=O)NCC2(c3ccc(F)cc3)CC2)CC1. The molecular weight excluding hydrogens is 317 g/mol. The van der Waals surface area contributed by atoms with Crippen LogP contribution in [0.3, 0.4) is 0 Å². The van der Waals surface area contributed by atoms with E-state index < -0.39 is 5.41 Å². The van der Waals surface area contributed by atoms with Gasteiger partial charge in [0.05, 0.1) is 12.5 Å². The van der Waals surface area contributed by atoms with Crippen molar-refractivity contribution in [2.45, 2.75) is 36.5 Å². The van der Waals surface area contributed by atoms with Crippen molar-refractivity contribution in [3.05, 3.63) is 65.5 Å². The molecule has 0 atom stereocenters. The van der Waals surface area contributed by atoms with E-state index in [1.807, 2.05) is 36.4 Å². The molecule has 25 heavy (non-hydrogen) atoms. The van der Waals surface area contributed by atoms with E-state index in [1.165, 1.54) is 12.1 Å². The third-order valence-electron chi connectivity index (χ3n) is 5.70. The molecule has 0 radical (unpaired) electrons. The van der Waals surface area contributed by atoms with Crippen LogP contribution in [0.4, 0.5) is 4.39 Å². The van der Waals surface area contributed by atoms with Crippen LogP contribution in [-0.4, -0.2) is 19.6 Å². The maximum atomic E-state index is 13.2. The Bertz CT molecular complexity index is 792. The first-order valence-corrected chi connectivity index (χ1v) is 8.78. The lowest BCUT2D eigenvalue weighted by Gasteiger charge is -2.22. The van der Waals surface area contributed by atoms with Crippen LogP contribution in [0.15, 0.2) is 48.5 Å². The molecule has 2 saturated carbocycles. The summed E-state index contributed by atoms with van der Waals surface area (Å²) in [4.78, 5) is 12.9. The van der Waals surface area contributed by atoms with Gasteiger partial charge in [-0.05, 0) is 49.4 Å². The quantitative estimate of drug-likeness (QED) is 0.871. The minimum atomic E-state index is -0.453. The molecule has 2 aromatic rings. The van der Waals surface area contributed by atoms with E-state index in [0.29, 0.717) is 6.54 Å². The number of rotatable bonds is 6. The molecule has 4 heteroatoms. The summed E-state index contributed by atoms with van der Waals surface area (Å²) in [6.45, 7) is 0.606. The summed E-state index contributed by atoms with van der Waals surface area (Å²) in [5, 5.41) is 3.16. The van der Waals surface area contributed by atoms with Crippen molar-refractivity contribution in [1.82, 2.24) is 5.32 Å². The smallest absolute Gasteiger partial charge is 0.230 e. The van der Waals surface area contributed by atoms with Crippen LogP contribution in [0.2, 0.25) is 0 Å². The molecule has 0 spiro atoms. The Balaban J connectivity index is 1.48. The van der Waals surface area contributed by atoms with Gasteiger partial charge in [-0.15, -0.1) is 0 Å². The number of hydrogen-bond acceptors (Lipinski definition) is 2. The second-order valence-corrected chi connectivity index (χ2v) is 7.25. The standard InChI is InChI=1S/C21H22FNO2/c1-25-18-5-3-2-4-17(18)21(12-13-21)19(24)23-14-20(10-11-20)15-6-8-16(22)9-7-15/h2-9H,10-14H2,1H3,(H,23,24). The average Bonchev–Trinajstić information content (AvgIpc) is 3.55. The molecule has 4 rings (SSSR count). The third kappa shape index (κ3) is 2.80. The van der Waals surface area contributed by atoms with Crippen LogP contribution in [0.25, 0.3) is 0 Å². The number of carbonyl (C=O) groups excluding carboxylic acids is 1. The van der Waals surface area contributed by atoms with Gasteiger partial charge in [-0.3, -0.25) is 4.79 Å². The summed E-state index contributed by atoms with van der Waals surface area (Å²) < 4.78 is 18.6. The van der Waals surface area contributed by atoms with E-state index in [9.17, 15) is 9.18 Å². The molecule has 1 amide bonds. The molecule has 2 aromatic carbocycles. The largest absolute Gasteiger partial charge is 0.496 e. The number of ether oxygens (including phenoxy) is 1. The molecule has 0 aromatic heterocycles.